The molecular weight excluding hydrogens is 427 g/mol. The van der Waals surface area contributed by atoms with Gasteiger partial charge < -0.3 is 5.73 Å². The Morgan fingerprint density at radius 2 is 1.90 bits per heavy atom. The highest BCUT2D eigenvalue weighted by molar-refractivity contribution is 14.1. The van der Waals surface area contributed by atoms with Crippen LogP contribution in [-0.4, -0.2) is 4.98 Å². The van der Waals surface area contributed by atoms with Gasteiger partial charge >= 0.3 is 0 Å². The van der Waals surface area contributed by atoms with Gasteiger partial charge in [0.1, 0.15) is 0 Å². The van der Waals surface area contributed by atoms with E-state index in [-0.39, 0.29) is 6.04 Å². The van der Waals surface area contributed by atoms with Crippen molar-refractivity contribution in [1.82, 2.24) is 4.98 Å². The molecule has 0 aliphatic carbocycles. The Balaban J connectivity index is 2.07. The maximum atomic E-state index is 6.40. The Labute approximate surface area is 139 Å². The number of fused-ring (bicyclic) bond motifs is 1. The Hall–Kier alpha value is -0.980. The number of hydrogen-bond acceptors (Lipinski definition) is 2. The quantitative estimate of drug-likeness (QED) is 0.591. The third-order valence-electron chi connectivity index (χ3n) is 3.26. The number of pyridine rings is 1. The second kappa shape index (κ2) is 5.79. The second-order valence-corrected chi connectivity index (χ2v) is 6.70. The van der Waals surface area contributed by atoms with E-state index in [1.54, 1.807) is 0 Å². The van der Waals surface area contributed by atoms with E-state index in [1.165, 1.54) is 3.57 Å². The Morgan fingerprint density at radius 1 is 1.10 bits per heavy atom. The van der Waals surface area contributed by atoms with E-state index in [9.17, 15) is 0 Å². The van der Waals surface area contributed by atoms with E-state index < -0.39 is 0 Å². The van der Waals surface area contributed by atoms with Crippen LogP contribution in [0, 0.1) is 3.57 Å². The molecule has 3 rings (SSSR count). The topological polar surface area (TPSA) is 38.9 Å². The number of halogens is 2. The molecule has 20 heavy (non-hydrogen) atoms. The van der Waals surface area contributed by atoms with E-state index in [0.29, 0.717) is 0 Å². The summed E-state index contributed by atoms with van der Waals surface area (Å²) in [6.45, 7) is 0. The lowest BCUT2D eigenvalue weighted by Gasteiger charge is -2.15. The maximum Gasteiger partial charge on any atom is 0.0702 e. The molecule has 0 radical (unpaired) electrons. The molecule has 0 spiro atoms. The van der Waals surface area contributed by atoms with E-state index in [0.717, 1.165) is 26.5 Å². The van der Waals surface area contributed by atoms with Crippen LogP contribution in [0.4, 0.5) is 0 Å². The van der Waals surface area contributed by atoms with Crippen LogP contribution in [0.1, 0.15) is 17.2 Å². The molecule has 0 bridgehead atoms. The Kier molecular flexibility index (Phi) is 4.05. The predicted molar refractivity (Wildman–Crippen MR) is 94.6 cm³/mol. The van der Waals surface area contributed by atoms with E-state index in [4.69, 9.17) is 5.73 Å². The zero-order valence-corrected chi connectivity index (χ0v) is 14.3. The fourth-order valence-corrected chi connectivity index (χ4v) is 3.20. The monoisotopic (exact) mass is 438 g/mol. The average molecular weight is 439 g/mol. The highest BCUT2D eigenvalue weighted by Crippen LogP contribution is 2.29. The van der Waals surface area contributed by atoms with Crippen molar-refractivity contribution < 1.29 is 0 Å². The molecule has 2 nitrogen and oxygen atoms in total. The predicted octanol–water partition coefficient (Wildman–Crippen LogP) is 4.65. The zero-order chi connectivity index (χ0) is 14.1. The van der Waals surface area contributed by atoms with Crippen LogP contribution in [0.5, 0.6) is 0 Å². The molecule has 100 valence electrons. The number of rotatable bonds is 2. The first kappa shape index (κ1) is 14.0. The summed E-state index contributed by atoms with van der Waals surface area (Å²) < 4.78 is 2.20. The molecule has 4 heteroatoms. The first-order valence-electron chi connectivity index (χ1n) is 6.20. The van der Waals surface area contributed by atoms with Gasteiger partial charge in [-0.1, -0.05) is 34.1 Å². The van der Waals surface area contributed by atoms with Crippen LogP contribution < -0.4 is 5.73 Å². The molecule has 2 N–H and O–H groups in total. The highest BCUT2D eigenvalue weighted by atomic mass is 127. The van der Waals surface area contributed by atoms with Gasteiger partial charge in [-0.25, -0.2) is 0 Å². The number of nitrogens with zero attached hydrogens (tertiary/aromatic N) is 1. The van der Waals surface area contributed by atoms with Crippen molar-refractivity contribution in [3.05, 3.63) is 73.9 Å². The van der Waals surface area contributed by atoms with Crippen molar-refractivity contribution in [2.45, 2.75) is 6.04 Å². The van der Waals surface area contributed by atoms with Crippen LogP contribution in [0.3, 0.4) is 0 Å². The van der Waals surface area contributed by atoms with Crippen molar-refractivity contribution in [2.24, 2.45) is 5.73 Å². The molecule has 0 aliphatic heterocycles. The van der Waals surface area contributed by atoms with Crippen LogP contribution in [-0.2, 0) is 0 Å². The largest absolute Gasteiger partial charge is 0.320 e. The summed E-state index contributed by atoms with van der Waals surface area (Å²) in [5.41, 5.74) is 9.49. The van der Waals surface area contributed by atoms with Gasteiger partial charge in [0.05, 0.1) is 11.6 Å². The lowest BCUT2D eigenvalue weighted by atomic mass is 10.00. The van der Waals surface area contributed by atoms with Crippen molar-refractivity contribution in [1.29, 1.82) is 0 Å². The first-order valence-corrected chi connectivity index (χ1v) is 8.07. The third kappa shape index (κ3) is 2.73. The molecule has 1 atom stereocenters. The number of hydrogen-bond donors (Lipinski definition) is 1. The maximum absolute atomic E-state index is 6.40. The number of benzene rings is 2. The minimum absolute atomic E-state index is 0.184. The lowest BCUT2D eigenvalue weighted by Crippen LogP contribution is -2.13. The summed E-state index contributed by atoms with van der Waals surface area (Å²) in [5.74, 6) is 0. The summed E-state index contributed by atoms with van der Waals surface area (Å²) in [6, 6.07) is 16.2. The summed E-state index contributed by atoms with van der Waals surface area (Å²) >= 11 is 5.87. The molecule has 0 amide bonds. The van der Waals surface area contributed by atoms with Gasteiger partial charge in [0.15, 0.2) is 0 Å². The van der Waals surface area contributed by atoms with E-state index in [2.05, 4.69) is 67.8 Å². The average Bonchev–Trinajstić information content (AvgIpc) is 2.48. The summed E-state index contributed by atoms with van der Waals surface area (Å²) in [7, 11) is 0. The molecule has 2 aromatic carbocycles. The van der Waals surface area contributed by atoms with Crippen molar-refractivity contribution in [3.8, 4) is 0 Å². The first-order chi connectivity index (χ1) is 9.65. The molecule has 1 heterocycles. The van der Waals surface area contributed by atoms with Crippen LogP contribution in [0.25, 0.3) is 10.9 Å². The summed E-state index contributed by atoms with van der Waals surface area (Å²) in [4.78, 5) is 4.48. The van der Waals surface area contributed by atoms with Crippen molar-refractivity contribution in [3.63, 3.8) is 0 Å². The van der Waals surface area contributed by atoms with Gasteiger partial charge in [0.2, 0.25) is 0 Å². The SMILES string of the molecule is NC(c1cnc2ccccc2c1)c1cc(I)ccc1Br. The van der Waals surface area contributed by atoms with E-state index in [1.807, 2.05) is 30.5 Å². The van der Waals surface area contributed by atoms with Crippen LogP contribution >= 0.6 is 38.5 Å². The van der Waals surface area contributed by atoms with E-state index >= 15 is 0 Å². The minimum Gasteiger partial charge on any atom is -0.320 e. The van der Waals surface area contributed by atoms with Gasteiger partial charge in [-0.05, 0) is 64.0 Å². The fourth-order valence-electron chi connectivity index (χ4n) is 2.19. The minimum atomic E-state index is -0.184. The zero-order valence-electron chi connectivity index (χ0n) is 10.6. The third-order valence-corrected chi connectivity index (χ3v) is 4.66. The summed E-state index contributed by atoms with van der Waals surface area (Å²) in [6.07, 6.45) is 1.86. The standard InChI is InChI=1S/C16H12BrIN2/c17-14-6-5-12(18)8-13(14)16(19)11-7-10-3-1-2-4-15(10)20-9-11/h1-9,16H,19H2. The van der Waals surface area contributed by atoms with Gasteiger partial charge in [0, 0.05) is 19.6 Å². The molecule has 0 aliphatic rings. The number of aromatic nitrogens is 1. The number of para-hydroxylation sites is 1. The van der Waals surface area contributed by atoms with Gasteiger partial charge in [-0.15, -0.1) is 0 Å². The fraction of sp³-hybridized carbons (Fsp3) is 0.0625. The highest BCUT2D eigenvalue weighted by Gasteiger charge is 2.13. The molecule has 1 aromatic heterocycles. The molecule has 0 saturated heterocycles. The molecule has 0 fully saturated rings. The van der Waals surface area contributed by atoms with Crippen molar-refractivity contribution in [2.75, 3.05) is 0 Å². The number of nitrogens with two attached hydrogens (primary N) is 1. The molecule has 3 aromatic rings. The van der Waals surface area contributed by atoms with Gasteiger partial charge in [-0.3, -0.25) is 4.98 Å². The molecule has 1 unspecified atom stereocenters. The second-order valence-electron chi connectivity index (χ2n) is 4.60. The van der Waals surface area contributed by atoms with Crippen molar-refractivity contribution >= 4 is 49.4 Å². The smallest absolute Gasteiger partial charge is 0.0702 e. The Bertz CT molecular complexity index is 773. The van der Waals surface area contributed by atoms with Gasteiger partial charge in [-0.2, -0.15) is 0 Å². The van der Waals surface area contributed by atoms with Crippen LogP contribution in [0.15, 0.2) is 59.2 Å². The molecular formula is C16H12BrIN2. The van der Waals surface area contributed by atoms with Gasteiger partial charge in [0.25, 0.3) is 0 Å². The molecule has 0 saturated carbocycles. The Morgan fingerprint density at radius 3 is 2.75 bits per heavy atom. The summed E-state index contributed by atoms with van der Waals surface area (Å²) in [5, 5.41) is 1.11. The van der Waals surface area contributed by atoms with Crippen LogP contribution in [0.2, 0.25) is 0 Å². The normalized spacial score (nSPS) is 12.6. The lowest BCUT2D eigenvalue weighted by molar-refractivity contribution is 0.860.